The number of thiophene rings is 1. The second-order valence-corrected chi connectivity index (χ2v) is 15.5. The van der Waals surface area contributed by atoms with Crippen molar-refractivity contribution in [3.63, 3.8) is 0 Å². The predicted octanol–water partition coefficient (Wildman–Crippen LogP) is 15.8. The standard InChI is InChI=1S/C54H34S/c1-3-11-35(12-4-1)36-19-24-40(25-20-36)54-48-32-43-17-8-7-16-42(43)31-47(48)53(49-33-44-28-21-37-13-9-10-18-45(37)46(44)34-50(49)54)41-26-22-39(23-27-41)52-30-29-51(55-52)38-14-5-2-6-15-38/h1-34H. The van der Waals surface area contributed by atoms with Crippen LogP contribution in [0.3, 0.4) is 0 Å². The van der Waals surface area contributed by atoms with Gasteiger partial charge in [-0.15, -0.1) is 11.3 Å². The zero-order valence-corrected chi connectivity index (χ0v) is 30.9. The van der Waals surface area contributed by atoms with Crippen LogP contribution in [0, 0.1) is 0 Å². The highest BCUT2D eigenvalue weighted by atomic mass is 32.1. The van der Waals surface area contributed by atoms with E-state index < -0.39 is 0 Å². The minimum absolute atomic E-state index is 1.22. The molecule has 0 bridgehead atoms. The number of fused-ring (bicyclic) bond motifs is 6. The first-order valence-corrected chi connectivity index (χ1v) is 19.7. The van der Waals surface area contributed by atoms with Crippen molar-refractivity contribution in [1.29, 1.82) is 0 Å². The van der Waals surface area contributed by atoms with E-state index in [1.165, 1.54) is 108 Å². The molecule has 0 N–H and O–H groups in total. The smallest absolute Gasteiger partial charge is 0.0349 e. The molecular formula is C54H34S. The first-order valence-electron chi connectivity index (χ1n) is 18.9. The molecule has 0 saturated heterocycles. The molecule has 0 amide bonds. The molecule has 1 heteroatoms. The van der Waals surface area contributed by atoms with E-state index >= 15 is 0 Å². The molecule has 11 aromatic rings. The molecule has 256 valence electrons. The van der Waals surface area contributed by atoms with Gasteiger partial charge in [-0.2, -0.15) is 0 Å². The minimum Gasteiger partial charge on any atom is -0.135 e. The van der Waals surface area contributed by atoms with Crippen LogP contribution in [0.1, 0.15) is 0 Å². The summed E-state index contributed by atoms with van der Waals surface area (Å²) in [5, 5.41) is 12.6. The summed E-state index contributed by atoms with van der Waals surface area (Å²) in [5.41, 5.74) is 9.94. The van der Waals surface area contributed by atoms with Crippen LogP contribution in [0.2, 0.25) is 0 Å². The van der Waals surface area contributed by atoms with E-state index in [9.17, 15) is 0 Å². The minimum atomic E-state index is 1.22. The van der Waals surface area contributed by atoms with Gasteiger partial charge in [-0.25, -0.2) is 0 Å². The number of rotatable bonds is 5. The molecule has 0 saturated carbocycles. The van der Waals surface area contributed by atoms with Gasteiger partial charge < -0.3 is 0 Å². The fourth-order valence-electron chi connectivity index (χ4n) is 8.55. The maximum Gasteiger partial charge on any atom is 0.0349 e. The van der Waals surface area contributed by atoms with Gasteiger partial charge in [0, 0.05) is 9.75 Å². The lowest BCUT2D eigenvalue weighted by atomic mass is 9.83. The van der Waals surface area contributed by atoms with Crippen LogP contribution in [-0.2, 0) is 0 Å². The van der Waals surface area contributed by atoms with E-state index in [1.807, 2.05) is 11.3 Å². The van der Waals surface area contributed by atoms with E-state index in [2.05, 4.69) is 206 Å². The normalized spacial score (nSPS) is 11.6. The summed E-state index contributed by atoms with van der Waals surface area (Å²) >= 11 is 1.85. The molecule has 11 rings (SSSR count). The van der Waals surface area contributed by atoms with Crippen molar-refractivity contribution in [2.45, 2.75) is 0 Å². The van der Waals surface area contributed by atoms with Gasteiger partial charge in [-0.1, -0.05) is 170 Å². The largest absolute Gasteiger partial charge is 0.135 e. The van der Waals surface area contributed by atoms with E-state index in [1.54, 1.807) is 0 Å². The fourth-order valence-corrected chi connectivity index (χ4v) is 9.56. The Balaban J connectivity index is 1.19. The third kappa shape index (κ3) is 5.44. The van der Waals surface area contributed by atoms with E-state index in [0.717, 1.165) is 0 Å². The molecule has 55 heavy (non-hydrogen) atoms. The quantitative estimate of drug-likeness (QED) is 0.123. The lowest BCUT2D eigenvalue weighted by Gasteiger charge is -2.20. The van der Waals surface area contributed by atoms with E-state index in [-0.39, 0.29) is 0 Å². The van der Waals surface area contributed by atoms with E-state index in [0.29, 0.717) is 0 Å². The Bertz CT molecular complexity index is 3210. The summed E-state index contributed by atoms with van der Waals surface area (Å²) in [6.07, 6.45) is 0. The van der Waals surface area contributed by atoms with Gasteiger partial charge in [-0.3, -0.25) is 0 Å². The van der Waals surface area contributed by atoms with Gasteiger partial charge in [0.25, 0.3) is 0 Å². The monoisotopic (exact) mass is 714 g/mol. The SMILES string of the molecule is c1ccc(-c2ccc(-c3c4cc5ccccc5cc4c(-c4ccc(-c5ccc(-c6ccccc6)s5)cc4)c4cc5ccc6ccccc6c5cc34)cc2)cc1. The molecule has 0 aliphatic carbocycles. The highest BCUT2D eigenvalue weighted by molar-refractivity contribution is 7.18. The van der Waals surface area contributed by atoms with Gasteiger partial charge in [0.05, 0.1) is 0 Å². The van der Waals surface area contributed by atoms with E-state index in [4.69, 9.17) is 0 Å². The maximum atomic E-state index is 2.47. The van der Waals surface area contributed by atoms with Crippen LogP contribution in [-0.4, -0.2) is 0 Å². The van der Waals surface area contributed by atoms with Crippen LogP contribution in [0.15, 0.2) is 206 Å². The first kappa shape index (κ1) is 31.7. The summed E-state index contributed by atoms with van der Waals surface area (Å²) < 4.78 is 0. The number of hydrogen-bond acceptors (Lipinski definition) is 1. The van der Waals surface area contributed by atoms with Gasteiger partial charge >= 0.3 is 0 Å². The van der Waals surface area contributed by atoms with Crippen molar-refractivity contribution in [3.05, 3.63) is 206 Å². The van der Waals surface area contributed by atoms with Gasteiger partial charge in [0.15, 0.2) is 0 Å². The summed E-state index contributed by atoms with van der Waals surface area (Å²) in [6, 6.07) is 76.2. The molecule has 0 fully saturated rings. The molecule has 0 aliphatic rings. The van der Waals surface area contributed by atoms with Crippen molar-refractivity contribution in [2.24, 2.45) is 0 Å². The maximum absolute atomic E-state index is 2.47. The Hall–Kier alpha value is -6.80. The Kier molecular flexibility index (Phi) is 7.46. The summed E-state index contributed by atoms with van der Waals surface area (Å²) in [6.45, 7) is 0. The molecule has 1 aromatic heterocycles. The number of hydrogen-bond donors (Lipinski definition) is 0. The van der Waals surface area contributed by atoms with Gasteiger partial charge in [-0.05, 0) is 135 Å². The fraction of sp³-hybridized carbons (Fsp3) is 0. The van der Waals surface area contributed by atoms with Gasteiger partial charge in [0.1, 0.15) is 0 Å². The molecule has 0 nitrogen and oxygen atoms in total. The topological polar surface area (TPSA) is 0 Å². The molecule has 10 aromatic carbocycles. The molecule has 0 aliphatic heterocycles. The summed E-state index contributed by atoms with van der Waals surface area (Å²) in [7, 11) is 0. The molecule has 0 spiro atoms. The Morgan fingerprint density at radius 2 is 0.618 bits per heavy atom. The Morgan fingerprint density at radius 1 is 0.218 bits per heavy atom. The first-order chi connectivity index (χ1) is 27.2. The van der Waals surface area contributed by atoms with Crippen molar-refractivity contribution < 1.29 is 0 Å². The van der Waals surface area contributed by atoms with Crippen molar-refractivity contribution in [1.82, 2.24) is 0 Å². The second-order valence-electron chi connectivity index (χ2n) is 14.5. The van der Waals surface area contributed by atoms with Crippen LogP contribution in [0.5, 0.6) is 0 Å². The molecule has 0 radical (unpaired) electrons. The zero-order chi connectivity index (χ0) is 36.3. The van der Waals surface area contributed by atoms with Crippen molar-refractivity contribution in [2.75, 3.05) is 0 Å². The van der Waals surface area contributed by atoms with Crippen LogP contribution >= 0.6 is 11.3 Å². The summed E-state index contributed by atoms with van der Waals surface area (Å²) in [5.74, 6) is 0. The third-order valence-electron chi connectivity index (χ3n) is 11.2. The van der Waals surface area contributed by atoms with Crippen LogP contribution < -0.4 is 0 Å². The third-order valence-corrected chi connectivity index (χ3v) is 12.4. The lowest BCUT2D eigenvalue weighted by molar-refractivity contribution is 1.61. The highest BCUT2D eigenvalue weighted by Gasteiger charge is 2.20. The van der Waals surface area contributed by atoms with Crippen LogP contribution in [0.4, 0.5) is 0 Å². The Labute approximate surface area is 324 Å². The number of benzene rings is 10. The molecule has 1 heterocycles. The summed E-state index contributed by atoms with van der Waals surface area (Å²) in [4.78, 5) is 2.56. The molecule has 0 unspecified atom stereocenters. The lowest BCUT2D eigenvalue weighted by Crippen LogP contribution is -1.93. The predicted molar refractivity (Wildman–Crippen MR) is 239 cm³/mol. The average Bonchev–Trinajstić information content (AvgIpc) is 3.76. The Morgan fingerprint density at radius 3 is 1.22 bits per heavy atom. The van der Waals surface area contributed by atoms with Crippen molar-refractivity contribution in [3.8, 4) is 54.3 Å². The zero-order valence-electron chi connectivity index (χ0n) is 30.0. The second kappa shape index (κ2) is 13.0. The van der Waals surface area contributed by atoms with Crippen molar-refractivity contribution >= 4 is 65.2 Å². The molecule has 0 atom stereocenters. The molecular weight excluding hydrogens is 681 g/mol. The average molecular weight is 715 g/mol. The highest BCUT2D eigenvalue weighted by Crippen LogP contribution is 2.47. The van der Waals surface area contributed by atoms with Gasteiger partial charge in [0.2, 0.25) is 0 Å². The van der Waals surface area contributed by atoms with Crippen LogP contribution in [0.25, 0.3) is 108 Å².